The first-order valence-electron chi connectivity index (χ1n) is 15.4. The zero-order chi connectivity index (χ0) is 29.7. The van der Waals surface area contributed by atoms with Crippen molar-refractivity contribution >= 4 is 45.6 Å². The van der Waals surface area contributed by atoms with Gasteiger partial charge in [0.15, 0.2) is 0 Å². The van der Waals surface area contributed by atoms with Gasteiger partial charge in [-0.2, -0.15) is 0 Å². The number of hydrogen-bond donors (Lipinski definition) is 0. The van der Waals surface area contributed by atoms with Crippen molar-refractivity contribution in [2.45, 2.75) is 13.3 Å². The lowest BCUT2D eigenvalue weighted by Gasteiger charge is -2.28. The van der Waals surface area contributed by atoms with Crippen LogP contribution >= 0.6 is 0 Å². The molecule has 1 heteroatoms. The third-order valence-corrected chi connectivity index (χ3v) is 8.40. The second kappa shape index (κ2) is 12.5. The maximum Gasteiger partial charge on any atom is 0.0540 e. The summed E-state index contributed by atoms with van der Waals surface area (Å²) in [5.41, 5.74) is 10.9. The lowest BCUT2D eigenvalue weighted by molar-refractivity contribution is 0.749. The van der Waals surface area contributed by atoms with Crippen LogP contribution in [-0.2, 0) is 0 Å². The van der Waals surface area contributed by atoms with Gasteiger partial charge in [0, 0.05) is 16.8 Å². The van der Waals surface area contributed by atoms with E-state index in [4.69, 9.17) is 0 Å². The van der Waals surface area contributed by atoms with Gasteiger partial charge in [0.05, 0.1) is 5.69 Å². The van der Waals surface area contributed by atoms with Crippen LogP contribution in [0.3, 0.4) is 0 Å². The average molecular weight is 566 g/mol. The predicted molar refractivity (Wildman–Crippen MR) is 190 cm³/mol. The number of benzene rings is 6. The summed E-state index contributed by atoms with van der Waals surface area (Å²) in [6, 6.07) is 52.4. The lowest BCUT2D eigenvalue weighted by atomic mass is 9.91. The molecule has 0 aliphatic heterocycles. The van der Waals surface area contributed by atoms with Crippen molar-refractivity contribution in [1.29, 1.82) is 0 Å². The van der Waals surface area contributed by atoms with Crippen molar-refractivity contribution in [2.24, 2.45) is 5.92 Å². The number of anilines is 3. The van der Waals surface area contributed by atoms with E-state index in [1.165, 1.54) is 49.9 Å². The molecule has 1 aliphatic carbocycles. The monoisotopic (exact) mass is 565 g/mol. The second-order valence-corrected chi connectivity index (χ2v) is 11.6. The standard InChI is InChI=1S/C43H35N/c1-32-10-7-15-38(30-32)39-16-8-17-41(31-39)44(43-19-9-14-37-13-5-6-18-42(37)43)40-28-26-36(27-29-40)35-24-22-34(23-25-35)21-20-33-11-3-2-4-12-33/h2-29,31-32H,30H2,1H3/b21-20-. The van der Waals surface area contributed by atoms with Crippen molar-refractivity contribution in [2.75, 3.05) is 4.90 Å². The number of allylic oxidation sites excluding steroid dienone is 4. The highest BCUT2D eigenvalue weighted by Gasteiger charge is 2.17. The molecule has 0 saturated heterocycles. The smallest absolute Gasteiger partial charge is 0.0540 e. The van der Waals surface area contributed by atoms with E-state index in [0.29, 0.717) is 5.92 Å². The summed E-state index contributed by atoms with van der Waals surface area (Å²) in [5.74, 6) is 0.550. The normalized spacial score (nSPS) is 14.6. The third-order valence-electron chi connectivity index (χ3n) is 8.40. The molecule has 6 aromatic carbocycles. The van der Waals surface area contributed by atoms with Gasteiger partial charge < -0.3 is 4.90 Å². The summed E-state index contributed by atoms with van der Waals surface area (Å²) < 4.78 is 0. The fourth-order valence-corrected chi connectivity index (χ4v) is 6.08. The molecular weight excluding hydrogens is 530 g/mol. The van der Waals surface area contributed by atoms with Gasteiger partial charge in [-0.25, -0.2) is 0 Å². The van der Waals surface area contributed by atoms with E-state index in [1.54, 1.807) is 0 Å². The van der Waals surface area contributed by atoms with Gasteiger partial charge in [0.2, 0.25) is 0 Å². The zero-order valence-corrected chi connectivity index (χ0v) is 25.0. The van der Waals surface area contributed by atoms with Crippen molar-refractivity contribution in [3.63, 3.8) is 0 Å². The van der Waals surface area contributed by atoms with E-state index in [1.807, 2.05) is 6.07 Å². The van der Waals surface area contributed by atoms with Gasteiger partial charge in [0.25, 0.3) is 0 Å². The van der Waals surface area contributed by atoms with Gasteiger partial charge in [-0.1, -0.05) is 153 Å². The summed E-state index contributed by atoms with van der Waals surface area (Å²) in [6.45, 7) is 2.28. The van der Waals surface area contributed by atoms with Crippen LogP contribution in [0.25, 0.3) is 39.6 Å². The number of nitrogens with zero attached hydrogens (tertiary/aromatic N) is 1. The molecule has 0 heterocycles. The number of rotatable bonds is 7. The largest absolute Gasteiger partial charge is 0.310 e. The predicted octanol–water partition coefficient (Wildman–Crippen LogP) is 12.1. The second-order valence-electron chi connectivity index (χ2n) is 11.6. The molecule has 0 aromatic heterocycles. The summed E-state index contributed by atoms with van der Waals surface area (Å²) in [7, 11) is 0. The Morgan fingerprint density at radius 2 is 1.23 bits per heavy atom. The first kappa shape index (κ1) is 27.4. The van der Waals surface area contributed by atoms with E-state index in [9.17, 15) is 0 Å². The van der Waals surface area contributed by atoms with Crippen molar-refractivity contribution in [3.05, 3.63) is 181 Å². The van der Waals surface area contributed by atoms with Crippen LogP contribution in [-0.4, -0.2) is 0 Å². The Morgan fingerprint density at radius 3 is 2.00 bits per heavy atom. The lowest BCUT2D eigenvalue weighted by Crippen LogP contribution is -2.11. The Morgan fingerprint density at radius 1 is 0.568 bits per heavy atom. The minimum atomic E-state index is 0.550. The Balaban J connectivity index is 1.24. The Hall–Kier alpha value is -5.40. The Kier molecular flexibility index (Phi) is 7.76. The summed E-state index contributed by atoms with van der Waals surface area (Å²) in [5, 5.41) is 2.47. The molecule has 7 rings (SSSR count). The molecule has 0 N–H and O–H groups in total. The van der Waals surface area contributed by atoms with Gasteiger partial charge in [0.1, 0.15) is 0 Å². The van der Waals surface area contributed by atoms with Gasteiger partial charge >= 0.3 is 0 Å². The van der Waals surface area contributed by atoms with Crippen LogP contribution in [0, 0.1) is 5.92 Å². The minimum absolute atomic E-state index is 0.550. The van der Waals surface area contributed by atoms with Crippen LogP contribution in [0.2, 0.25) is 0 Å². The van der Waals surface area contributed by atoms with Crippen molar-refractivity contribution in [1.82, 2.24) is 0 Å². The van der Waals surface area contributed by atoms with Crippen molar-refractivity contribution in [3.8, 4) is 11.1 Å². The SMILES string of the molecule is CC1C=CC=C(c2cccc(N(c3ccc(-c4ccc(/C=C\c5ccccc5)cc4)cc3)c3cccc4ccccc34)c2)C1. The molecule has 6 aromatic rings. The molecule has 1 nitrogen and oxygen atoms in total. The highest BCUT2D eigenvalue weighted by atomic mass is 15.1. The summed E-state index contributed by atoms with van der Waals surface area (Å²) >= 11 is 0. The van der Waals surface area contributed by atoms with Crippen LogP contribution in [0.1, 0.15) is 30.0 Å². The highest BCUT2D eigenvalue weighted by Crippen LogP contribution is 2.41. The fourth-order valence-electron chi connectivity index (χ4n) is 6.08. The third kappa shape index (κ3) is 5.91. The quantitative estimate of drug-likeness (QED) is 0.174. The molecule has 44 heavy (non-hydrogen) atoms. The topological polar surface area (TPSA) is 3.24 Å². The Labute approximate surface area is 260 Å². The molecule has 0 spiro atoms. The Bertz CT molecular complexity index is 1970. The fraction of sp³-hybridized carbons (Fsp3) is 0.0698. The maximum atomic E-state index is 2.40. The van der Waals surface area contributed by atoms with Crippen LogP contribution in [0.15, 0.2) is 164 Å². The van der Waals surface area contributed by atoms with Crippen LogP contribution in [0.4, 0.5) is 17.1 Å². The minimum Gasteiger partial charge on any atom is -0.310 e. The van der Waals surface area contributed by atoms with Gasteiger partial charge in [-0.05, 0) is 81.4 Å². The first-order chi connectivity index (χ1) is 21.7. The molecular formula is C43H35N. The molecule has 1 unspecified atom stereocenters. The first-order valence-corrected chi connectivity index (χ1v) is 15.4. The van der Waals surface area contributed by atoms with Crippen molar-refractivity contribution < 1.29 is 0 Å². The van der Waals surface area contributed by atoms with E-state index < -0.39 is 0 Å². The molecule has 0 bridgehead atoms. The van der Waals surface area contributed by atoms with E-state index in [0.717, 1.165) is 17.8 Å². The van der Waals surface area contributed by atoms with E-state index in [-0.39, 0.29) is 0 Å². The van der Waals surface area contributed by atoms with Crippen LogP contribution in [0.5, 0.6) is 0 Å². The highest BCUT2D eigenvalue weighted by molar-refractivity contribution is 5.99. The molecule has 1 aliphatic rings. The molecule has 212 valence electrons. The van der Waals surface area contributed by atoms with E-state index in [2.05, 4.69) is 182 Å². The zero-order valence-electron chi connectivity index (χ0n) is 25.0. The van der Waals surface area contributed by atoms with Gasteiger partial charge in [-0.3, -0.25) is 0 Å². The van der Waals surface area contributed by atoms with Gasteiger partial charge in [-0.15, -0.1) is 0 Å². The molecule has 1 atom stereocenters. The molecule has 0 radical (unpaired) electrons. The number of hydrogen-bond acceptors (Lipinski definition) is 1. The maximum absolute atomic E-state index is 2.40. The molecule has 0 fully saturated rings. The molecule has 0 saturated carbocycles. The molecule has 0 amide bonds. The average Bonchev–Trinajstić information content (AvgIpc) is 3.09. The van der Waals surface area contributed by atoms with E-state index >= 15 is 0 Å². The summed E-state index contributed by atoms with van der Waals surface area (Å²) in [6.07, 6.45) is 12.1. The summed E-state index contributed by atoms with van der Waals surface area (Å²) in [4.78, 5) is 2.40. The van der Waals surface area contributed by atoms with Crippen LogP contribution < -0.4 is 4.90 Å². The number of fused-ring (bicyclic) bond motifs is 1.